The molecule has 1 rings (SSSR count). The predicted octanol–water partition coefficient (Wildman–Crippen LogP) is 1.26. The van der Waals surface area contributed by atoms with Crippen LogP contribution in [0.15, 0.2) is 0 Å². The highest BCUT2D eigenvalue weighted by molar-refractivity contribution is 7.13. The largest absolute Gasteiger partial charge is 0.285 e. The molecule has 1 heterocycles. The Kier molecular flexibility index (Phi) is 1.66. The molecule has 1 aliphatic rings. The van der Waals surface area contributed by atoms with Gasteiger partial charge in [0.15, 0.2) is 0 Å². The van der Waals surface area contributed by atoms with Gasteiger partial charge in [-0.05, 0) is 19.8 Å². The van der Waals surface area contributed by atoms with Crippen LogP contribution in [0.4, 0.5) is 0 Å². The fourth-order valence-corrected chi connectivity index (χ4v) is 1.29. The lowest BCUT2D eigenvalue weighted by Gasteiger charge is -2.11. The van der Waals surface area contributed by atoms with Crippen molar-refractivity contribution >= 4 is 9.39 Å². The lowest BCUT2D eigenvalue weighted by Crippen LogP contribution is -2.13. The number of hydrogen-bond acceptors (Lipinski definition) is 1. The van der Waals surface area contributed by atoms with Crippen LogP contribution >= 0.6 is 9.39 Å². The molecule has 0 saturated carbocycles. The standard InChI is InChI=1S/C5H12NP/c1-5-3-2-4-6(5)7/h5H,2-4,7H2,1H3/t5-/m1/s1. The van der Waals surface area contributed by atoms with Gasteiger partial charge in [0.05, 0.1) is 0 Å². The van der Waals surface area contributed by atoms with Gasteiger partial charge in [0.2, 0.25) is 0 Å². The molecule has 0 bridgehead atoms. The molecule has 42 valence electrons. The van der Waals surface area contributed by atoms with Crippen LogP contribution in [0, 0.1) is 0 Å². The number of nitrogens with zero attached hydrogens (tertiary/aromatic N) is 1. The molecule has 1 unspecified atom stereocenters. The van der Waals surface area contributed by atoms with E-state index in [0.717, 1.165) is 6.04 Å². The van der Waals surface area contributed by atoms with Gasteiger partial charge in [-0.25, -0.2) is 0 Å². The summed E-state index contributed by atoms with van der Waals surface area (Å²) in [5, 5.41) is 0. The van der Waals surface area contributed by atoms with Crippen molar-refractivity contribution < 1.29 is 0 Å². The molecule has 2 atom stereocenters. The SMILES string of the molecule is C[C@@H]1CCCN1P. The molecule has 1 aliphatic heterocycles. The first-order valence-corrected chi connectivity index (χ1v) is 3.33. The van der Waals surface area contributed by atoms with E-state index in [0.29, 0.717) is 0 Å². The molecule has 0 aromatic carbocycles. The van der Waals surface area contributed by atoms with E-state index in [1.807, 2.05) is 0 Å². The van der Waals surface area contributed by atoms with Crippen LogP contribution in [0.25, 0.3) is 0 Å². The maximum absolute atomic E-state index is 2.75. The van der Waals surface area contributed by atoms with E-state index >= 15 is 0 Å². The minimum absolute atomic E-state index is 0.810. The summed E-state index contributed by atoms with van der Waals surface area (Å²) < 4.78 is 2.32. The zero-order valence-corrected chi connectivity index (χ0v) is 5.88. The van der Waals surface area contributed by atoms with Crippen LogP contribution in [-0.4, -0.2) is 17.3 Å². The van der Waals surface area contributed by atoms with Crippen molar-refractivity contribution in [3.05, 3.63) is 0 Å². The van der Waals surface area contributed by atoms with Crippen molar-refractivity contribution in [2.24, 2.45) is 0 Å². The maximum Gasteiger partial charge on any atom is 0.0101 e. The van der Waals surface area contributed by atoms with Crippen LogP contribution in [-0.2, 0) is 0 Å². The molecule has 7 heavy (non-hydrogen) atoms. The van der Waals surface area contributed by atoms with Gasteiger partial charge in [0.25, 0.3) is 0 Å². The Hall–Kier alpha value is 0.390. The molecule has 0 amide bonds. The molecule has 1 saturated heterocycles. The van der Waals surface area contributed by atoms with E-state index in [4.69, 9.17) is 0 Å². The normalized spacial score (nSPS) is 34.3. The van der Waals surface area contributed by atoms with Crippen molar-refractivity contribution in [1.29, 1.82) is 0 Å². The fourth-order valence-electron chi connectivity index (χ4n) is 0.955. The Bertz CT molecular complexity index is 57.1. The van der Waals surface area contributed by atoms with E-state index in [2.05, 4.69) is 21.0 Å². The van der Waals surface area contributed by atoms with E-state index in [9.17, 15) is 0 Å². The highest BCUT2D eigenvalue weighted by atomic mass is 31.0. The number of rotatable bonds is 0. The Morgan fingerprint density at radius 2 is 2.43 bits per heavy atom. The molecule has 1 fully saturated rings. The summed E-state index contributed by atoms with van der Waals surface area (Å²) in [6.07, 6.45) is 2.76. The molecule has 0 aromatic heterocycles. The van der Waals surface area contributed by atoms with Crippen LogP contribution in [0.2, 0.25) is 0 Å². The van der Waals surface area contributed by atoms with Gasteiger partial charge in [-0.2, -0.15) is 0 Å². The van der Waals surface area contributed by atoms with E-state index in [-0.39, 0.29) is 0 Å². The fraction of sp³-hybridized carbons (Fsp3) is 1.00. The van der Waals surface area contributed by atoms with E-state index in [1.54, 1.807) is 0 Å². The summed E-state index contributed by atoms with van der Waals surface area (Å²) in [7, 11) is 2.75. The van der Waals surface area contributed by atoms with Crippen molar-refractivity contribution in [2.75, 3.05) is 6.54 Å². The van der Waals surface area contributed by atoms with Gasteiger partial charge in [-0.3, -0.25) is 4.67 Å². The Labute approximate surface area is 47.3 Å². The minimum Gasteiger partial charge on any atom is -0.285 e. The van der Waals surface area contributed by atoms with Crippen molar-refractivity contribution in [1.82, 2.24) is 4.67 Å². The average Bonchev–Trinajstić information content (AvgIpc) is 1.91. The smallest absolute Gasteiger partial charge is 0.0101 e. The minimum atomic E-state index is 0.810. The molecular formula is C5H12NP. The van der Waals surface area contributed by atoms with Crippen LogP contribution in [0.3, 0.4) is 0 Å². The third-order valence-electron chi connectivity index (χ3n) is 1.60. The summed E-state index contributed by atoms with van der Waals surface area (Å²) in [5.41, 5.74) is 0. The molecule has 0 spiro atoms. The lowest BCUT2D eigenvalue weighted by atomic mass is 10.3. The second-order valence-electron chi connectivity index (χ2n) is 2.23. The highest BCUT2D eigenvalue weighted by Gasteiger charge is 2.14. The first-order chi connectivity index (χ1) is 3.30. The summed E-state index contributed by atoms with van der Waals surface area (Å²) >= 11 is 0. The monoisotopic (exact) mass is 117 g/mol. The Morgan fingerprint density at radius 1 is 1.71 bits per heavy atom. The topological polar surface area (TPSA) is 3.24 Å². The van der Waals surface area contributed by atoms with Crippen molar-refractivity contribution in [2.45, 2.75) is 25.8 Å². The Morgan fingerprint density at radius 3 is 2.57 bits per heavy atom. The average molecular weight is 117 g/mol. The molecule has 2 heteroatoms. The number of hydrogen-bond donors (Lipinski definition) is 0. The second-order valence-corrected chi connectivity index (χ2v) is 2.89. The van der Waals surface area contributed by atoms with E-state index < -0.39 is 0 Å². The van der Waals surface area contributed by atoms with Crippen LogP contribution in [0.1, 0.15) is 19.8 Å². The summed E-state index contributed by atoms with van der Waals surface area (Å²) in [6.45, 7) is 3.53. The third-order valence-corrected chi connectivity index (χ3v) is 2.37. The summed E-state index contributed by atoms with van der Waals surface area (Å²) in [5.74, 6) is 0. The zero-order valence-electron chi connectivity index (χ0n) is 4.72. The van der Waals surface area contributed by atoms with Gasteiger partial charge in [0.1, 0.15) is 0 Å². The zero-order chi connectivity index (χ0) is 5.28. The molecule has 0 N–H and O–H groups in total. The van der Waals surface area contributed by atoms with E-state index in [1.165, 1.54) is 19.4 Å². The van der Waals surface area contributed by atoms with Crippen molar-refractivity contribution in [3.63, 3.8) is 0 Å². The molecule has 1 nitrogen and oxygen atoms in total. The summed E-state index contributed by atoms with van der Waals surface area (Å²) in [4.78, 5) is 0. The van der Waals surface area contributed by atoms with Crippen molar-refractivity contribution in [3.8, 4) is 0 Å². The lowest BCUT2D eigenvalue weighted by molar-refractivity contribution is 0.466. The molecular weight excluding hydrogens is 105 g/mol. The van der Waals surface area contributed by atoms with Gasteiger partial charge >= 0.3 is 0 Å². The quantitative estimate of drug-likeness (QED) is 0.432. The second kappa shape index (κ2) is 2.11. The third kappa shape index (κ3) is 1.14. The predicted molar refractivity (Wildman–Crippen MR) is 35.1 cm³/mol. The maximum atomic E-state index is 2.75. The molecule has 0 aromatic rings. The molecule has 0 radical (unpaired) electrons. The molecule has 0 aliphatic carbocycles. The van der Waals surface area contributed by atoms with Gasteiger partial charge in [-0.1, -0.05) is 9.39 Å². The Balaban J connectivity index is 2.33. The first kappa shape index (κ1) is 5.53. The van der Waals surface area contributed by atoms with Crippen LogP contribution in [0.5, 0.6) is 0 Å². The van der Waals surface area contributed by atoms with Gasteiger partial charge in [-0.15, -0.1) is 0 Å². The van der Waals surface area contributed by atoms with Gasteiger partial charge < -0.3 is 0 Å². The highest BCUT2D eigenvalue weighted by Crippen LogP contribution is 2.19. The van der Waals surface area contributed by atoms with Crippen LogP contribution < -0.4 is 0 Å². The first-order valence-electron chi connectivity index (χ1n) is 2.82. The van der Waals surface area contributed by atoms with Gasteiger partial charge in [0, 0.05) is 12.6 Å². The summed E-state index contributed by atoms with van der Waals surface area (Å²) in [6, 6.07) is 0.810.